The number of aryl methyl sites for hydroxylation is 3. The van der Waals surface area contributed by atoms with Crippen molar-refractivity contribution in [2.24, 2.45) is 4.99 Å². The van der Waals surface area contributed by atoms with Crippen LogP contribution >= 0.6 is 0 Å². The van der Waals surface area contributed by atoms with Crippen molar-refractivity contribution >= 4 is 5.96 Å². The molecule has 30 heavy (non-hydrogen) atoms. The molecule has 0 aliphatic carbocycles. The molecule has 1 aromatic carbocycles. The summed E-state index contributed by atoms with van der Waals surface area (Å²) < 4.78 is 7.54. The molecule has 1 aliphatic rings. The molecule has 1 saturated heterocycles. The first-order valence-electron chi connectivity index (χ1n) is 11.1. The van der Waals surface area contributed by atoms with Gasteiger partial charge in [0.05, 0.1) is 25.5 Å². The Morgan fingerprint density at radius 2 is 1.90 bits per heavy atom. The van der Waals surface area contributed by atoms with Crippen LogP contribution in [0.15, 0.2) is 35.3 Å². The highest BCUT2D eigenvalue weighted by atomic mass is 16.5. The molecular weight excluding hydrogens is 376 g/mol. The first-order valence-corrected chi connectivity index (χ1v) is 11.1. The lowest BCUT2D eigenvalue weighted by Gasteiger charge is -2.27. The van der Waals surface area contributed by atoms with Crippen LogP contribution in [-0.2, 0) is 24.4 Å². The lowest BCUT2D eigenvalue weighted by molar-refractivity contribution is 0.0341. The summed E-state index contributed by atoms with van der Waals surface area (Å²) in [6.07, 6.45) is 1.000. The van der Waals surface area contributed by atoms with Crippen molar-refractivity contribution in [2.45, 2.75) is 46.8 Å². The maximum atomic E-state index is 5.47. The minimum Gasteiger partial charge on any atom is -0.379 e. The molecule has 3 rings (SSSR count). The fourth-order valence-corrected chi connectivity index (χ4v) is 3.71. The van der Waals surface area contributed by atoms with Gasteiger partial charge in [-0.15, -0.1) is 0 Å². The fourth-order valence-electron chi connectivity index (χ4n) is 3.71. The molecule has 0 radical (unpaired) electrons. The van der Waals surface area contributed by atoms with Crippen LogP contribution in [0.2, 0.25) is 0 Å². The first-order chi connectivity index (χ1) is 14.7. The van der Waals surface area contributed by atoms with Crippen molar-refractivity contribution in [1.82, 2.24) is 25.3 Å². The zero-order chi connectivity index (χ0) is 21.2. The summed E-state index contributed by atoms with van der Waals surface area (Å²) in [7, 11) is 0. The van der Waals surface area contributed by atoms with Crippen LogP contribution < -0.4 is 10.6 Å². The second-order valence-electron chi connectivity index (χ2n) is 7.78. The van der Waals surface area contributed by atoms with Crippen LogP contribution in [0.25, 0.3) is 0 Å². The van der Waals surface area contributed by atoms with Gasteiger partial charge in [-0.1, -0.05) is 24.3 Å². The number of aliphatic imine (C=N–C) groups is 1. The van der Waals surface area contributed by atoms with E-state index in [-0.39, 0.29) is 0 Å². The van der Waals surface area contributed by atoms with Crippen molar-refractivity contribution in [3.63, 3.8) is 0 Å². The van der Waals surface area contributed by atoms with E-state index in [9.17, 15) is 0 Å². The van der Waals surface area contributed by atoms with Crippen LogP contribution in [0.5, 0.6) is 0 Å². The van der Waals surface area contributed by atoms with E-state index in [4.69, 9.17) is 9.73 Å². The highest BCUT2D eigenvalue weighted by Gasteiger charge is 2.12. The van der Waals surface area contributed by atoms with Gasteiger partial charge in [0.2, 0.25) is 0 Å². The highest BCUT2D eigenvalue weighted by Crippen LogP contribution is 2.14. The van der Waals surface area contributed by atoms with E-state index in [2.05, 4.69) is 69.5 Å². The third-order valence-electron chi connectivity index (χ3n) is 5.31. The molecule has 1 aromatic heterocycles. The zero-order valence-electron chi connectivity index (χ0n) is 18.7. The average molecular weight is 413 g/mol. The van der Waals surface area contributed by atoms with Crippen LogP contribution in [-0.4, -0.2) is 60.0 Å². The molecule has 7 nitrogen and oxygen atoms in total. The second kappa shape index (κ2) is 11.7. The molecule has 2 aromatic rings. The van der Waals surface area contributed by atoms with Gasteiger partial charge in [-0.05, 0) is 44.4 Å². The van der Waals surface area contributed by atoms with E-state index < -0.39 is 0 Å². The van der Waals surface area contributed by atoms with E-state index >= 15 is 0 Å². The van der Waals surface area contributed by atoms with Crippen LogP contribution in [0.1, 0.15) is 35.9 Å². The molecular formula is C23H36N6O. The SMILES string of the molecule is CCNC(=NCc1ccccc1CN1CCOCC1)NCCCn1nc(C)cc1C. The minimum absolute atomic E-state index is 0.674. The number of rotatable bonds is 9. The van der Waals surface area contributed by atoms with Crippen molar-refractivity contribution in [1.29, 1.82) is 0 Å². The number of aromatic nitrogens is 2. The van der Waals surface area contributed by atoms with Gasteiger partial charge in [-0.25, -0.2) is 4.99 Å². The summed E-state index contributed by atoms with van der Waals surface area (Å²) >= 11 is 0. The molecule has 1 fully saturated rings. The average Bonchev–Trinajstić information content (AvgIpc) is 3.08. The second-order valence-corrected chi connectivity index (χ2v) is 7.78. The zero-order valence-corrected chi connectivity index (χ0v) is 18.7. The molecule has 2 heterocycles. The molecule has 2 N–H and O–H groups in total. The molecule has 0 unspecified atom stereocenters. The van der Waals surface area contributed by atoms with Crippen molar-refractivity contribution in [2.75, 3.05) is 39.4 Å². The fraction of sp³-hybridized carbons (Fsp3) is 0.565. The summed E-state index contributed by atoms with van der Waals surface area (Å²) in [5, 5.41) is 11.3. The number of guanidine groups is 1. The highest BCUT2D eigenvalue weighted by molar-refractivity contribution is 5.79. The van der Waals surface area contributed by atoms with E-state index in [1.165, 1.54) is 16.8 Å². The van der Waals surface area contributed by atoms with Crippen LogP contribution in [0.3, 0.4) is 0 Å². The quantitative estimate of drug-likeness (QED) is 0.376. The topological polar surface area (TPSA) is 66.7 Å². The Hall–Kier alpha value is -2.38. The maximum Gasteiger partial charge on any atom is 0.191 e. The van der Waals surface area contributed by atoms with E-state index in [0.717, 1.165) is 70.6 Å². The molecule has 0 spiro atoms. The largest absolute Gasteiger partial charge is 0.379 e. The number of hydrogen-bond acceptors (Lipinski definition) is 4. The Morgan fingerprint density at radius 1 is 1.13 bits per heavy atom. The monoisotopic (exact) mass is 412 g/mol. The smallest absolute Gasteiger partial charge is 0.191 e. The van der Waals surface area contributed by atoms with Gasteiger partial charge in [0.25, 0.3) is 0 Å². The molecule has 1 aliphatic heterocycles. The molecule has 0 amide bonds. The Labute approximate surface area is 180 Å². The molecule has 7 heteroatoms. The standard InChI is InChI=1S/C23H36N6O/c1-4-24-23(25-10-7-11-29-20(3)16-19(2)27-29)26-17-21-8-5-6-9-22(21)18-28-12-14-30-15-13-28/h5-6,8-9,16H,4,7,10-15,17-18H2,1-3H3,(H2,24,25,26). The van der Waals surface area contributed by atoms with E-state index in [1.54, 1.807) is 0 Å². The van der Waals surface area contributed by atoms with Crippen LogP contribution in [0, 0.1) is 13.8 Å². The normalized spacial score (nSPS) is 15.4. The predicted molar refractivity (Wildman–Crippen MR) is 122 cm³/mol. The maximum absolute atomic E-state index is 5.47. The van der Waals surface area contributed by atoms with Gasteiger partial charge in [-0.3, -0.25) is 9.58 Å². The summed E-state index contributed by atoms with van der Waals surface area (Å²) in [6, 6.07) is 10.7. The van der Waals surface area contributed by atoms with Crippen molar-refractivity contribution < 1.29 is 4.74 Å². The lowest BCUT2D eigenvalue weighted by atomic mass is 10.1. The molecule has 164 valence electrons. The van der Waals surface area contributed by atoms with Gasteiger partial charge in [0.1, 0.15) is 0 Å². The number of ether oxygens (including phenoxy) is 1. The van der Waals surface area contributed by atoms with Gasteiger partial charge in [-0.2, -0.15) is 5.10 Å². The summed E-state index contributed by atoms with van der Waals surface area (Å²) in [6.45, 7) is 14.1. The van der Waals surface area contributed by atoms with E-state index in [0.29, 0.717) is 6.54 Å². The third kappa shape index (κ3) is 6.85. The number of benzene rings is 1. The Balaban J connectivity index is 1.53. The lowest BCUT2D eigenvalue weighted by Crippen LogP contribution is -2.38. The Kier molecular flexibility index (Phi) is 8.71. The Morgan fingerprint density at radius 3 is 2.60 bits per heavy atom. The van der Waals surface area contributed by atoms with Crippen molar-refractivity contribution in [3.8, 4) is 0 Å². The number of nitrogens with one attached hydrogen (secondary N) is 2. The molecule has 0 bridgehead atoms. The summed E-state index contributed by atoms with van der Waals surface area (Å²) in [4.78, 5) is 7.29. The third-order valence-corrected chi connectivity index (χ3v) is 5.31. The number of hydrogen-bond donors (Lipinski definition) is 2. The summed E-state index contributed by atoms with van der Waals surface area (Å²) in [5.74, 6) is 0.868. The number of nitrogens with zero attached hydrogens (tertiary/aromatic N) is 4. The van der Waals surface area contributed by atoms with Crippen LogP contribution in [0.4, 0.5) is 0 Å². The van der Waals surface area contributed by atoms with Crippen molar-refractivity contribution in [3.05, 3.63) is 52.8 Å². The van der Waals surface area contributed by atoms with Gasteiger partial charge in [0.15, 0.2) is 5.96 Å². The van der Waals surface area contributed by atoms with E-state index in [1.807, 2.05) is 6.92 Å². The molecule has 0 saturated carbocycles. The Bertz CT molecular complexity index is 810. The predicted octanol–water partition coefficient (Wildman–Crippen LogP) is 2.48. The van der Waals surface area contributed by atoms with Gasteiger partial charge in [0, 0.05) is 45.0 Å². The number of morpholine rings is 1. The first kappa shape index (κ1) is 22.3. The van der Waals surface area contributed by atoms with Gasteiger partial charge < -0.3 is 15.4 Å². The van der Waals surface area contributed by atoms with Gasteiger partial charge >= 0.3 is 0 Å². The molecule has 0 atom stereocenters. The minimum atomic E-state index is 0.674. The summed E-state index contributed by atoms with van der Waals surface area (Å²) in [5.41, 5.74) is 4.92.